The van der Waals surface area contributed by atoms with Crippen molar-refractivity contribution >= 4 is 21.8 Å². The Labute approximate surface area is 98.2 Å². The third-order valence-electron chi connectivity index (χ3n) is 2.04. The summed E-state index contributed by atoms with van der Waals surface area (Å²) in [5.41, 5.74) is 0.484. The van der Waals surface area contributed by atoms with Gasteiger partial charge in [-0.15, -0.1) is 0 Å². The molecular formula is C10H16BrN3O. The lowest BCUT2D eigenvalue weighted by molar-refractivity contribution is 0.0947. The first-order chi connectivity index (χ1) is 7.24. The summed E-state index contributed by atoms with van der Waals surface area (Å²) in [6.07, 6.45) is 5.07. The number of carbonyl (C=O) groups excluding carboxylic acids is 1. The highest BCUT2D eigenvalue weighted by Gasteiger charge is 2.06. The third-order valence-corrected chi connectivity index (χ3v) is 2.60. The number of carbonyl (C=O) groups is 1. The zero-order valence-electron chi connectivity index (χ0n) is 8.87. The smallest absolute Gasteiger partial charge is 0.271 e. The van der Waals surface area contributed by atoms with Gasteiger partial charge in [0.1, 0.15) is 5.69 Å². The van der Waals surface area contributed by atoms with E-state index in [4.69, 9.17) is 0 Å². The van der Waals surface area contributed by atoms with Gasteiger partial charge in [0.15, 0.2) is 0 Å². The molecular weight excluding hydrogens is 258 g/mol. The predicted octanol–water partition coefficient (Wildman–Crippen LogP) is 1.72. The van der Waals surface area contributed by atoms with Crippen molar-refractivity contribution in [2.24, 2.45) is 7.05 Å². The Morgan fingerprint density at radius 3 is 2.93 bits per heavy atom. The maximum Gasteiger partial charge on any atom is 0.271 e. The van der Waals surface area contributed by atoms with Gasteiger partial charge in [-0.2, -0.15) is 5.10 Å². The Kier molecular flexibility index (Phi) is 5.39. The fourth-order valence-corrected chi connectivity index (χ4v) is 1.62. The summed E-state index contributed by atoms with van der Waals surface area (Å²) in [5.74, 6) is -0.0885. The van der Waals surface area contributed by atoms with Crippen LogP contribution in [0.25, 0.3) is 0 Å². The van der Waals surface area contributed by atoms with E-state index in [1.807, 2.05) is 0 Å². The Balaban J connectivity index is 2.19. The van der Waals surface area contributed by atoms with Crippen LogP contribution in [-0.4, -0.2) is 27.6 Å². The van der Waals surface area contributed by atoms with E-state index < -0.39 is 0 Å². The monoisotopic (exact) mass is 273 g/mol. The maximum absolute atomic E-state index is 11.5. The van der Waals surface area contributed by atoms with E-state index in [1.54, 1.807) is 24.0 Å². The van der Waals surface area contributed by atoms with Crippen LogP contribution in [0.1, 0.15) is 29.8 Å². The molecule has 1 N–H and O–H groups in total. The van der Waals surface area contributed by atoms with Gasteiger partial charge in [-0.05, 0) is 18.9 Å². The van der Waals surface area contributed by atoms with Gasteiger partial charge in [0.2, 0.25) is 0 Å². The van der Waals surface area contributed by atoms with Crippen molar-refractivity contribution in [3.63, 3.8) is 0 Å². The van der Waals surface area contributed by atoms with Crippen molar-refractivity contribution in [1.82, 2.24) is 15.1 Å². The zero-order chi connectivity index (χ0) is 11.1. The summed E-state index contributed by atoms with van der Waals surface area (Å²) < 4.78 is 1.62. The summed E-state index contributed by atoms with van der Waals surface area (Å²) in [6, 6.07) is 1.72. The lowest BCUT2D eigenvalue weighted by atomic mass is 10.2. The number of nitrogens with one attached hydrogen (secondary N) is 1. The van der Waals surface area contributed by atoms with Gasteiger partial charge in [0.05, 0.1) is 0 Å². The molecule has 0 saturated heterocycles. The molecule has 0 saturated carbocycles. The number of aromatic nitrogens is 2. The van der Waals surface area contributed by atoms with Crippen LogP contribution in [0.4, 0.5) is 0 Å². The van der Waals surface area contributed by atoms with E-state index in [-0.39, 0.29) is 5.91 Å². The molecule has 0 unspecified atom stereocenters. The normalized spacial score (nSPS) is 10.3. The summed E-state index contributed by atoms with van der Waals surface area (Å²) >= 11 is 3.37. The Morgan fingerprint density at radius 1 is 1.53 bits per heavy atom. The number of rotatable bonds is 6. The van der Waals surface area contributed by atoms with Gasteiger partial charge >= 0.3 is 0 Å². The van der Waals surface area contributed by atoms with E-state index in [1.165, 1.54) is 0 Å². The van der Waals surface area contributed by atoms with Gasteiger partial charge in [0.25, 0.3) is 5.91 Å². The SMILES string of the molecule is Cn1ccc(C(=O)NCCCCCBr)n1. The van der Waals surface area contributed by atoms with Crippen LogP contribution in [0.2, 0.25) is 0 Å². The molecule has 0 radical (unpaired) electrons. The molecule has 1 aromatic rings. The van der Waals surface area contributed by atoms with E-state index >= 15 is 0 Å². The fraction of sp³-hybridized carbons (Fsp3) is 0.600. The fourth-order valence-electron chi connectivity index (χ4n) is 1.22. The van der Waals surface area contributed by atoms with Crippen molar-refractivity contribution in [2.75, 3.05) is 11.9 Å². The van der Waals surface area contributed by atoms with Crippen molar-refractivity contribution in [2.45, 2.75) is 19.3 Å². The van der Waals surface area contributed by atoms with Crippen LogP contribution in [0.3, 0.4) is 0 Å². The lowest BCUT2D eigenvalue weighted by Gasteiger charge is -2.01. The molecule has 0 aromatic carbocycles. The highest BCUT2D eigenvalue weighted by Crippen LogP contribution is 1.98. The van der Waals surface area contributed by atoms with E-state index in [9.17, 15) is 4.79 Å². The van der Waals surface area contributed by atoms with Gasteiger partial charge in [-0.3, -0.25) is 9.48 Å². The molecule has 1 rings (SSSR count). The summed E-state index contributed by atoms with van der Waals surface area (Å²) in [6.45, 7) is 0.725. The standard InChI is InChI=1S/C10H16BrN3O/c1-14-8-5-9(13-14)10(15)12-7-4-2-3-6-11/h5,8H,2-4,6-7H2,1H3,(H,12,15). The summed E-state index contributed by atoms with van der Waals surface area (Å²) in [5, 5.41) is 7.89. The summed E-state index contributed by atoms with van der Waals surface area (Å²) in [4.78, 5) is 11.5. The molecule has 0 fully saturated rings. The van der Waals surface area contributed by atoms with Crippen molar-refractivity contribution in [1.29, 1.82) is 0 Å². The minimum Gasteiger partial charge on any atom is -0.351 e. The first kappa shape index (κ1) is 12.2. The molecule has 0 bridgehead atoms. The first-order valence-electron chi connectivity index (χ1n) is 5.08. The molecule has 4 nitrogen and oxygen atoms in total. The number of alkyl halides is 1. The predicted molar refractivity (Wildman–Crippen MR) is 63.2 cm³/mol. The highest BCUT2D eigenvalue weighted by molar-refractivity contribution is 9.09. The Bertz CT molecular complexity index is 311. The number of hydrogen-bond donors (Lipinski definition) is 1. The van der Waals surface area contributed by atoms with Crippen LogP contribution in [0.5, 0.6) is 0 Å². The minimum atomic E-state index is -0.0885. The van der Waals surface area contributed by atoms with Gasteiger partial charge in [-0.1, -0.05) is 22.4 Å². The highest BCUT2D eigenvalue weighted by atomic mass is 79.9. The number of aryl methyl sites for hydroxylation is 1. The first-order valence-corrected chi connectivity index (χ1v) is 6.20. The third kappa shape index (κ3) is 4.46. The average Bonchev–Trinajstić information content (AvgIpc) is 2.64. The topological polar surface area (TPSA) is 46.9 Å². The lowest BCUT2D eigenvalue weighted by Crippen LogP contribution is -2.25. The number of amides is 1. The molecule has 15 heavy (non-hydrogen) atoms. The van der Waals surface area contributed by atoms with E-state index in [0.717, 1.165) is 31.1 Å². The zero-order valence-corrected chi connectivity index (χ0v) is 10.5. The number of unbranched alkanes of at least 4 members (excludes halogenated alkanes) is 2. The molecule has 0 aliphatic carbocycles. The molecule has 0 aliphatic rings. The van der Waals surface area contributed by atoms with E-state index in [2.05, 4.69) is 26.3 Å². The van der Waals surface area contributed by atoms with Crippen LogP contribution in [-0.2, 0) is 7.05 Å². The molecule has 1 heterocycles. The second-order valence-electron chi connectivity index (χ2n) is 3.38. The number of nitrogens with zero attached hydrogens (tertiary/aromatic N) is 2. The number of halogens is 1. The Hall–Kier alpha value is -0.840. The summed E-state index contributed by atoms with van der Waals surface area (Å²) in [7, 11) is 1.80. The molecule has 0 atom stereocenters. The molecule has 84 valence electrons. The maximum atomic E-state index is 11.5. The molecule has 1 aromatic heterocycles. The average molecular weight is 274 g/mol. The minimum absolute atomic E-state index is 0.0885. The Morgan fingerprint density at radius 2 is 2.33 bits per heavy atom. The second-order valence-corrected chi connectivity index (χ2v) is 4.17. The van der Waals surface area contributed by atoms with Crippen molar-refractivity contribution in [3.05, 3.63) is 18.0 Å². The van der Waals surface area contributed by atoms with Crippen LogP contribution in [0.15, 0.2) is 12.3 Å². The molecule has 5 heteroatoms. The van der Waals surface area contributed by atoms with E-state index in [0.29, 0.717) is 5.69 Å². The van der Waals surface area contributed by atoms with Crippen LogP contribution >= 0.6 is 15.9 Å². The van der Waals surface area contributed by atoms with Gasteiger partial charge in [-0.25, -0.2) is 0 Å². The van der Waals surface area contributed by atoms with Crippen LogP contribution < -0.4 is 5.32 Å². The van der Waals surface area contributed by atoms with Crippen molar-refractivity contribution < 1.29 is 4.79 Å². The number of hydrogen-bond acceptors (Lipinski definition) is 2. The van der Waals surface area contributed by atoms with Gasteiger partial charge in [0, 0.05) is 25.1 Å². The van der Waals surface area contributed by atoms with Gasteiger partial charge < -0.3 is 5.32 Å². The second kappa shape index (κ2) is 6.61. The quantitative estimate of drug-likeness (QED) is 0.634. The van der Waals surface area contributed by atoms with Crippen molar-refractivity contribution in [3.8, 4) is 0 Å². The largest absolute Gasteiger partial charge is 0.351 e. The molecule has 1 amide bonds. The molecule has 0 spiro atoms. The van der Waals surface area contributed by atoms with Crippen LogP contribution in [0, 0.1) is 0 Å². The molecule has 0 aliphatic heterocycles.